The minimum atomic E-state index is -0.960. The van der Waals surface area contributed by atoms with Gasteiger partial charge in [0.1, 0.15) is 6.17 Å². The van der Waals surface area contributed by atoms with Crippen LogP contribution < -0.4 is 0 Å². The molecule has 2 aliphatic rings. The smallest absolute Gasteiger partial charge is 0.305 e. The van der Waals surface area contributed by atoms with Crippen LogP contribution in [0.1, 0.15) is 84.0 Å². The van der Waals surface area contributed by atoms with Crippen molar-refractivity contribution in [3.8, 4) is 0 Å². The summed E-state index contributed by atoms with van der Waals surface area (Å²) in [4.78, 5) is 11.1. The third kappa shape index (κ3) is 6.03. The molecule has 2 N–H and O–H groups in total. The Morgan fingerprint density at radius 1 is 1.29 bits per heavy atom. The number of hydrogen-bond donors (Lipinski definition) is 2. The van der Waals surface area contributed by atoms with Crippen LogP contribution in [0, 0.1) is 17.3 Å². The van der Waals surface area contributed by atoms with Gasteiger partial charge in [-0.05, 0) is 49.9 Å². The van der Waals surface area contributed by atoms with E-state index >= 15 is 0 Å². The Labute approximate surface area is 169 Å². The molecule has 2 rings (SSSR count). The highest BCUT2D eigenvalue weighted by Crippen LogP contribution is 2.47. The largest absolute Gasteiger partial charge is 0.469 e. The zero-order valence-electron chi connectivity index (χ0n) is 17.6. The maximum Gasteiger partial charge on any atom is 0.305 e. The summed E-state index contributed by atoms with van der Waals surface area (Å²) in [7, 11) is 1.40. The molecule has 0 radical (unpaired) electrons. The van der Waals surface area contributed by atoms with Gasteiger partial charge < -0.3 is 14.9 Å². The maximum absolute atomic E-state index is 14.4. The number of ether oxygens (including phenoxy) is 1. The molecule has 0 saturated heterocycles. The van der Waals surface area contributed by atoms with E-state index in [0.717, 1.165) is 51.4 Å². The molecule has 0 spiro atoms. The molecule has 2 aliphatic carbocycles. The summed E-state index contributed by atoms with van der Waals surface area (Å²) in [5.41, 5.74) is 0.0743. The fourth-order valence-corrected chi connectivity index (χ4v) is 5.01. The van der Waals surface area contributed by atoms with E-state index in [1.807, 2.05) is 12.2 Å². The lowest BCUT2D eigenvalue weighted by Crippen LogP contribution is -2.40. The molecule has 0 amide bonds. The highest BCUT2D eigenvalue weighted by atomic mass is 19.1. The summed E-state index contributed by atoms with van der Waals surface area (Å²) < 4.78 is 19.0. The van der Waals surface area contributed by atoms with Crippen molar-refractivity contribution < 1.29 is 24.1 Å². The van der Waals surface area contributed by atoms with Crippen molar-refractivity contribution in [2.45, 2.75) is 102 Å². The minimum Gasteiger partial charge on any atom is -0.469 e. The van der Waals surface area contributed by atoms with Crippen molar-refractivity contribution in [1.82, 2.24) is 0 Å². The molecule has 0 aromatic heterocycles. The van der Waals surface area contributed by atoms with Gasteiger partial charge in [0.2, 0.25) is 0 Å². The Bertz CT molecular complexity index is 497. The average Bonchev–Trinajstić information content (AvgIpc) is 2.90. The first-order chi connectivity index (χ1) is 13.4. The number of halogens is 1. The van der Waals surface area contributed by atoms with Crippen LogP contribution >= 0.6 is 0 Å². The van der Waals surface area contributed by atoms with Crippen molar-refractivity contribution in [2.24, 2.45) is 17.3 Å². The number of methoxy groups -OCH3 is 1. The van der Waals surface area contributed by atoms with Gasteiger partial charge in [-0.25, -0.2) is 4.39 Å². The molecule has 28 heavy (non-hydrogen) atoms. The van der Waals surface area contributed by atoms with Gasteiger partial charge in [-0.1, -0.05) is 44.8 Å². The molecule has 0 unspecified atom stereocenters. The first-order valence-electron chi connectivity index (χ1n) is 11.2. The van der Waals surface area contributed by atoms with Gasteiger partial charge >= 0.3 is 5.97 Å². The zero-order chi connectivity index (χ0) is 20.6. The second kappa shape index (κ2) is 11.3. The molecule has 0 heterocycles. The quantitative estimate of drug-likeness (QED) is 0.283. The van der Waals surface area contributed by atoms with Gasteiger partial charge in [-0.2, -0.15) is 0 Å². The molecule has 2 fully saturated rings. The van der Waals surface area contributed by atoms with Gasteiger partial charge in [0.15, 0.2) is 0 Å². The molecule has 2 saturated carbocycles. The number of carbonyl (C=O) groups excluding carboxylic acids is 1. The Morgan fingerprint density at radius 2 is 2.00 bits per heavy atom. The Balaban J connectivity index is 1.75. The van der Waals surface area contributed by atoms with Crippen molar-refractivity contribution in [3.63, 3.8) is 0 Å². The maximum atomic E-state index is 14.4. The molecule has 0 aromatic rings. The van der Waals surface area contributed by atoms with E-state index in [1.54, 1.807) is 0 Å². The fraction of sp³-hybridized carbons (Fsp3) is 0.870. The zero-order valence-corrected chi connectivity index (χ0v) is 17.6. The number of unbranched alkanes of at least 4 members (excludes halogenated alkanes) is 3. The van der Waals surface area contributed by atoms with Crippen LogP contribution in [-0.2, 0) is 9.53 Å². The highest BCUT2D eigenvalue weighted by Gasteiger charge is 2.42. The van der Waals surface area contributed by atoms with Gasteiger partial charge in [0.25, 0.3) is 0 Å². The summed E-state index contributed by atoms with van der Waals surface area (Å²) in [6, 6.07) is 0. The summed E-state index contributed by atoms with van der Waals surface area (Å²) in [5.74, 6) is -0.481. The van der Waals surface area contributed by atoms with Crippen molar-refractivity contribution in [3.05, 3.63) is 12.2 Å². The third-order valence-corrected chi connectivity index (χ3v) is 7.24. The van der Waals surface area contributed by atoms with E-state index < -0.39 is 12.3 Å². The molecule has 4 nitrogen and oxygen atoms in total. The van der Waals surface area contributed by atoms with Gasteiger partial charge in [-0.15, -0.1) is 0 Å². The topological polar surface area (TPSA) is 66.8 Å². The first kappa shape index (κ1) is 23.3. The second-order valence-electron chi connectivity index (χ2n) is 8.84. The lowest BCUT2D eigenvalue weighted by Gasteiger charge is -2.45. The summed E-state index contributed by atoms with van der Waals surface area (Å²) in [5, 5.41) is 20.8. The van der Waals surface area contributed by atoms with Crippen LogP contribution in [0.3, 0.4) is 0 Å². The summed E-state index contributed by atoms with van der Waals surface area (Å²) >= 11 is 0. The third-order valence-electron chi connectivity index (χ3n) is 7.24. The number of carbonyl (C=O) groups is 1. The normalized spacial score (nSPS) is 30.3. The van der Waals surface area contributed by atoms with E-state index in [9.17, 15) is 19.4 Å². The Kier molecular flexibility index (Phi) is 9.42. The molecule has 5 heteroatoms. The predicted octanol–water partition coefficient (Wildman–Crippen LogP) is 4.72. The van der Waals surface area contributed by atoms with Gasteiger partial charge in [-0.3, -0.25) is 4.79 Å². The van der Waals surface area contributed by atoms with E-state index in [4.69, 9.17) is 0 Å². The van der Waals surface area contributed by atoms with Crippen molar-refractivity contribution >= 4 is 5.97 Å². The van der Waals surface area contributed by atoms with Crippen molar-refractivity contribution in [1.29, 1.82) is 0 Å². The van der Waals surface area contributed by atoms with Crippen molar-refractivity contribution in [2.75, 3.05) is 7.11 Å². The summed E-state index contributed by atoms with van der Waals surface area (Å²) in [6.45, 7) is 2.14. The second-order valence-corrected chi connectivity index (χ2v) is 8.84. The molecule has 0 aromatic carbocycles. The van der Waals surface area contributed by atoms with Crippen LogP contribution in [0.4, 0.5) is 4.39 Å². The minimum absolute atomic E-state index is 0.0743. The monoisotopic (exact) mass is 398 g/mol. The first-order valence-corrected chi connectivity index (χ1v) is 11.2. The van der Waals surface area contributed by atoms with Crippen LogP contribution in [0.15, 0.2) is 12.2 Å². The van der Waals surface area contributed by atoms with E-state index in [1.165, 1.54) is 13.5 Å². The van der Waals surface area contributed by atoms with E-state index in [2.05, 4.69) is 11.7 Å². The van der Waals surface area contributed by atoms with E-state index in [0.29, 0.717) is 12.8 Å². The number of hydrogen-bond acceptors (Lipinski definition) is 4. The Morgan fingerprint density at radius 3 is 2.61 bits per heavy atom. The number of rotatable bonds is 12. The molecular weight excluding hydrogens is 359 g/mol. The van der Waals surface area contributed by atoms with Gasteiger partial charge in [0, 0.05) is 18.8 Å². The molecule has 5 atom stereocenters. The average molecular weight is 399 g/mol. The molecule has 162 valence electrons. The molecule has 0 bridgehead atoms. The van der Waals surface area contributed by atoms with Gasteiger partial charge in [0.05, 0.1) is 19.3 Å². The number of aliphatic hydroxyl groups is 2. The standard InChI is InChI=1S/C23H39FO4/c1-3-23(14-9-15-23)21(26)12-8-11-18-17(19(24)16-20(18)25)10-6-4-5-7-13-22(27)28-2/h8,11,17-21,25-26H,3-7,9-10,12-16H2,1-2H3/b11-8+/t17-,18-,19-,20-,21+/m1/s1. The Hall–Kier alpha value is -0.940. The molecular formula is C23H39FO4. The molecule has 0 aliphatic heterocycles. The van der Waals surface area contributed by atoms with E-state index in [-0.39, 0.29) is 35.7 Å². The lowest BCUT2D eigenvalue weighted by molar-refractivity contribution is -0.140. The van der Waals surface area contributed by atoms with Crippen LogP contribution in [0.2, 0.25) is 0 Å². The lowest BCUT2D eigenvalue weighted by atomic mass is 9.63. The van der Waals surface area contributed by atoms with Crippen LogP contribution in [-0.4, -0.2) is 41.7 Å². The number of aliphatic hydroxyl groups excluding tert-OH is 2. The SMILES string of the molecule is CCC1([C@@H](O)C/C=C/[C@@H]2[C@@H](CCCCCCC(=O)OC)[C@H](F)C[C@H]2O)CCC1. The van der Waals surface area contributed by atoms with Crippen LogP contribution in [0.25, 0.3) is 0 Å². The fourth-order valence-electron chi connectivity index (χ4n) is 5.01. The predicted molar refractivity (Wildman–Crippen MR) is 109 cm³/mol. The number of alkyl halides is 1. The number of esters is 1. The van der Waals surface area contributed by atoms with Crippen LogP contribution in [0.5, 0.6) is 0 Å². The highest BCUT2D eigenvalue weighted by molar-refractivity contribution is 5.68. The summed E-state index contributed by atoms with van der Waals surface area (Å²) in [6.07, 6.45) is 12.0.